The van der Waals surface area contributed by atoms with Gasteiger partial charge >= 0.3 is 6.09 Å². The number of hydrogen-bond acceptors (Lipinski definition) is 4. The first-order chi connectivity index (χ1) is 13.0. The van der Waals surface area contributed by atoms with Crippen molar-refractivity contribution in [3.63, 3.8) is 0 Å². The van der Waals surface area contributed by atoms with Crippen LogP contribution in [0.4, 0.5) is 16.2 Å². The van der Waals surface area contributed by atoms with Crippen LogP contribution in [0.15, 0.2) is 42.5 Å². The van der Waals surface area contributed by atoms with Gasteiger partial charge in [-0.3, -0.25) is 4.79 Å². The molecular formula is C19H17Cl2N3O3. The minimum absolute atomic E-state index is 0.179. The first-order valence-corrected chi connectivity index (χ1v) is 9.30. The molecule has 27 heavy (non-hydrogen) atoms. The van der Waals surface area contributed by atoms with Gasteiger partial charge in [0.25, 0.3) is 0 Å². The second-order valence-electron chi connectivity index (χ2n) is 6.47. The van der Waals surface area contributed by atoms with Crippen LogP contribution >= 0.6 is 23.2 Å². The van der Waals surface area contributed by atoms with Gasteiger partial charge < -0.3 is 19.9 Å². The molecule has 0 spiro atoms. The number of piperazine rings is 1. The Balaban J connectivity index is 1.46. The number of fused-ring (bicyclic) bond motifs is 3. The maximum absolute atomic E-state index is 12.5. The standard InChI is InChI=1S/C19H17Cl2N3O3/c20-13-8-15-16(9-14(13)21)24-7-6-23(10-17(24)18(25)22-15)19(26)27-11-12-4-2-1-3-5-12/h1-5,8-9,17H,6-7,10-11H2,(H,22,25). The minimum Gasteiger partial charge on any atom is -0.445 e. The lowest BCUT2D eigenvalue weighted by Crippen LogP contribution is -2.61. The number of ether oxygens (including phenoxy) is 1. The summed E-state index contributed by atoms with van der Waals surface area (Å²) in [5.41, 5.74) is 2.36. The fraction of sp³-hybridized carbons (Fsp3) is 0.263. The average Bonchev–Trinajstić information content (AvgIpc) is 2.68. The number of benzene rings is 2. The molecule has 1 atom stereocenters. The van der Waals surface area contributed by atoms with Gasteiger partial charge in [-0.05, 0) is 17.7 Å². The molecule has 1 fully saturated rings. The second-order valence-corrected chi connectivity index (χ2v) is 7.28. The van der Waals surface area contributed by atoms with Crippen molar-refractivity contribution in [1.29, 1.82) is 0 Å². The van der Waals surface area contributed by atoms with Crippen LogP contribution < -0.4 is 10.2 Å². The molecule has 2 heterocycles. The summed E-state index contributed by atoms with van der Waals surface area (Å²) in [4.78, 5) is 28.5. The van der Waals surface area contributed by atoms with Gasteiger partial charge in [-0.25, -0.2) is 4.79 Å². The zero-order valence-corrected chi connectivity index (χ0v) is 15.8. The SMILES string of the molecule is O=C1Nc2cc(Cl)c(Cl)cc2N2CCN(C(=O)OCc3ccccc3)CC12. The van der Waals surface area contributed by atoms with Crippen LogP contribution in [0.5, 0.6) is 0 Å². The summed E-state index contributed by atoms with van der Waals surface area (Å²) in [6.07, 6.45) is -0.425. The Labute approximate surface area is 166 Å². The fourth-order valence-corrected chi connectivity index (χ4v) is 3.68. The van der Waals surface area contributed by atoms with Gasteiger partial charge in [0.05, 0.1) is 28.0 Å². The van der Waals surface area contributed by atoms with E-state index in [1.165, 1.54) is 0 Å². The van der Waals surface area contributed by atoms with Gasteiger partial charge in [-0.15, -0.1) is 0 Å². The zero-order chi connectivity index (χ0) is 19.0. The molecule has 8 heteroatoms. The van der Waals surface area contributed by atoms with E-state index in [-0.39, 0.29) is 19.1 Å². The van der Waals surface area contributed by atoms with Gasteiger partial charge in [-0.1, -0.05) is 53.5 Å². The first kappa shape index (κ1) is 17.9. The van der Waals surface area contributed by atoms with Crippen molar-refractivity contribution in [2.24, 2.45) is 0 Å². The smallest absolute Gasteiger partial charge is 0.410 e. The third kappa shape index (κ3) is 3.55. The second kappa shape index (κ2) is 7.29. The Morgan fingerprint density at radius 3 is 2.67 bits per heavy atom. The molecule has 1 N–H and O–H groups in total. The molecule has 0 bridgehead atoms. The number of anilines is 2. The van der Waals surface area contributed by atoms with Gasteiger partial charge in [-0.2, -0.15) is 0 Å². The van der Waals surface area contributed by atoms with Crippen LogP contribution in [-0.4, -0.2) is 42.6 Å². The Morgan fingerprint density at radius 1 is 1.15 bits per heavy atom. The highest BCUT2D eigenvalue weighted by molar-refractivity contribution is 6.42. The quantitative estimate of drug-likeness (QED) is 0.825. The van der Waals surface area contributed by atoms with Crippen molar-refractivity contribution < 1.29 is 14.3 Å². The van der Waals surface area contributed by atoms with Crippen molar-refractivity contribution in [2.45, 2.75) is 12.6 Å². The molecule has 0 radical (unpaired) electrons. The largest absolute Gasteiger partial charge is 0.445 e. The van der Waals surface area contributed by atoms with Crippen LogP contribution in [0.1, 0.15) is 5.56 Å². The van der Waals surface area contributed by atoms with Crippen LogP contribution in [0.3, 0.4) is 0 Å². The van der Waals surface area contributed by atoms with E-state index >= 15 is 0 Å². The highest BCUT2D eigenvalue weighted by Crippen LogP contribution is 2.39. The molecule has 1 saturated heterocycles. The highest BCUT2D eigenvalue weighted by atomic mass is 35.5. The van der Waals surface area contributed by atoms with E-state index in [0.717, 1.165) is 11.3 Å². The summed E-state index contributed by atoms with van der Waals surface area (Å²) in [6.45, 7) is 1.41. The molecule has 6 nitrogen and oxygen atoms in total. The summed E-state index contributed by atoms with van der Waals surface area (Å²) in [5, 5.41) is 3.65. The summed E-state index contributed by atoms with van der Waals surface area (Å²) >= 11 is 12.2. The molecule has 0 aromatic heterocycles. The summed E-state index contributed by atoms with van der Waals surface area (Å²) < 4.78 is 5.39. The Bertz CT molecular complexity index is 891. The number of nitrogens with one attached hydrogen (secondary N) is 1. The lowest BCUT2D eigenvalue weighted by molar-refractivity contribution is -0.118. The molecule has 4 rings (SSSR count). The number of rotatable bonds is 2. The summed E-state index contributed by atoms with van der Waals surface area (Å²) in [5.74, 6) is -0.179. The maximum atomic E-state index is 12.5. The molecule has 140 valence electrons. The molecule has 1 unspecified atom stereocenters. The van der Waals surface area contributed by atoms with Crippen molar-refractivity contribution in [2.75, 3.05) is 29.9 Å². The summed E-state index contributed by atoms with van der Waals surface area (Å²) in [6, 6.07) is 12.4. The number of hydrogen-bond donors (Lipinski definition) is 1. The molecule has 2 aliphatic heterocycles. The Morgan fingerprint density at radius 2 is 1.89 bits per heavy atom. The highest BCUT2D eigenvalue weighted by Gasteiger charge is 2.39. The third-order valence-corrected chi connectivity index (χ3v) is 5.47. The van der Waals surface area contributed by atoms with Crippen molar-refractivity contribution >= 4 is 46.6 Å². The van der Waals surface area contributed by atoms with Crippen molar-refractivity contribution in [3.8, 4) is 0 Å². The van der Waals surface area contributed by atoms with Crippen LogP contribution in [0, 0.1) is 0 Å². The fourth-order valence-electron chi connectivity index (χ4n) is 3.36. The van der Waals surface area contributed by atoms with Gasteiger partial charge in [0.2, 0.25) is 5.91 Å². The molecule has 2 amide bonds. The normalized spacial score (nSPS) is 18.4. The predicted molar refractivity (Wildman–Crippen MR) is 104 cm³/mol. The van der Waals surface area contributed by atoms with E-state index in [0.29, 0.717) is 28.8 Å². The first-order valence-electron chi connectivity index (χ1n) is 8.55. The van der Waals surface area contributed by atoms with E-state index in [2.05, 4.69) is 5.32 Å². The van der Waals surface area contributed by atoms with E-state index in [1.807, 2.05) is 35.2 Å². The zero-order valence-electron chi connectivity index (χ0n) is 14.3. The van der Waals surface area contributed by atoms with E-state index < -0.39 is 12.1 Å². The molecule has 2 aromatic carbocycles. The molecular weight excluding hydrogens is 389 g/mol. The number of carbonyl (C=O) groups is 2. The topological polar surface area (TPSA) is 61.9 Å². The van der Waals surface area contributed by atoms with Crippen molar-refractivity contribution in [3.05, 3.63) is 58.1 Å². The number of halogens is 2. The van der Waals surface area contributed by atoms with Crippen LogP contribution in [-0.2, 0) is 16.1 Å². The van der Waals surface area contributed by atoms with Crippen molar-refractivity contribution in [1.82, 2.24) is 4.90 Å². The third-order valence-electron chi connectivity index (χ3n) is 4.75. The number of amides is 2. The Kier molecular flexibility index (Phi) is 4.85. The van der Waals surface area contributed by atoms with Gasteiger partial charge in [0, 0.05) is 13.1 Å². The predicted octanol–water partition coefficient (Wildman–Crippen LogP) is 3.77. The Hall–Kier alpha value is -2.44. The number of carbonyl (C=O) groups excluding carboxylic acids is 2. The molecule has 2 aliphatic rings. The van der Waals surface area contributed by atoms with Gasteiger partial charge in [0.15, 0.2) is 0 Å². The van der Waals surface area contributed by atoms with Gasteiger partial charge in [0.1, 0.15) is 12.6 Å². The van der Waals surface area contributed by atoms with Crippen LogP contribution in [0.25, 0.3) is 0 Å². The average molecular weight is 406 g/mol. The minimum atomic E-state index is -0.493. The van der Waals surface area contributed by atoms with E-state index in [9.17, 15) is 9.59 Å². The van der Waals surface area contributed by atoms with Crippen LogP contribution in [0.2, 0.25) is 10.0 Å². The number of nitrogens with zero attached hydrogens (tertiary/aromatic N) is 2. The monoisotopic (exact) mass is 405 g/mol. The molecule has 2 aromatic rings. The lowest BCUT2D eigenvalue weighted by atomic mass is 10.1. The lowest BCUT2D eigenvalue weighted by Gasteiger charge is -2.44. The molecule has 0 saturated carbocycles. The summed E-state index contributed by atoms with van der Waals surface area (Å²) in [7, 11) is 0. The van der Waals surface area contributed by atoms with E-state index in [4.69, 9.17) is 27.9 Å². The maximum Gasteiger partial charge on any atom is 0.410 e. The molecule has 0 aliphatic carbocycles. The van der Waals surface area contributed by atoms with E-state index in [1.54, 1.807) is 17.0 Å².